The number of benzene rings is 1. The summed E-state index contributed by atoms with van der Waals surface area (Å²) in [7, 11) is 0. The van der Waals surface area contributed by atoms with Gasteiger partial charge in [-0.15, -0.1) is 0 Å². The van der Waals surface area contributed by atoms with Gasteiger partial charge in [-0.25, -0.2) is 0 Å². The van der Waals surface area contributed by atoms with E-state index >= 15 is 0 Å². The number of carbonyl (C=O) groups is 2. The summed E-state index contributed by atoms with van der Waals surface area (Å²) in [6.45, 7) is 3.37. The summed E-state index contributed by atoms with van der Waals surface area (Å²) in [5.41, 5.74) is 1.25. The van der Waals surface area contributed by atoms with Crippen molar-refractivity contribution in [3.63, 3.8) is 0 Å². The van der Waals surface area contributed by atoms with Crippen LogP contribution in [0.2, 0.25) is 0 Å². The molecule has 2 fully saturated rings. The zero-order valence-corrected chi connectivity index (χ0v) is 14.1. The van der Waals surface area contributed by atoms with Gasteiger partial charge < -0.3 is 15.0 Å². The monoisotopic (exact) mass is 330 g/mol. The van der Waals surface area contributed by atoms with Crippen molar-refractivity contribution in [1.29, 1.82) is 0 Å². The molecule has 130 valence electrons. The van der Waals surface area contributed by atoms with Gasteiger partial charge in [-0.3, -0.25) is 9.59 Å². The van der Waals surface area contributed by atoms with E-state index in [1.807, 2.05) is 23.1 Å². The Morgan fingerprint density at radius 1 is 1.29 bits per heavy atom. The fraction of sp³-hybridized carbons (Fsp3) is 0.579. The summed E-state index contributed by atoms with van der Waals surface area (Å²) in [5, 5.41) is 3.01. The summed E-state index contributed by atoms with van der Waals surface area (Å²) in [6.07, 6.45) is 3.27. The molecule has 2 heterocycles. The fourth-order valence-corrected chi connectivity index (χ4v) is 3.45. The zero-order valence-electron chi connectivity index (χ0n) is 14.1. The van der Waals surface area contributed by atoms with Gasteiger partial charge in [0.05, 0.1) is 12.5 Å². The van der Waals surface area contributed by atoms with Crippen LogP contribution in [0, 0.1) is 11.8 Å². The Morgan fingerprint density at radius 2 is 2.12 bits per heavy atom. The van der Waals surface area contributed by atoms with E-state index in [0.717, 1.165) is 39.0 Å². The average molecular weight is 330 g/mol. The largest absolute Gasteiger partial charge is 0.381 e. The van der Waals surface area contributed by atoms with Crippen LogP contribution in [0.3, 0.4) is 0 Å². The SMILES string of the molecule is O=C(NC[C@@H]1CC(=O)N(CCc2ccccc2)C1)[C@H]1CCCOC1. The van der Waals surface area contributed by atoms with E-state index < -0.39 is 0 Å². The number of likely N-dealkylation sites (tertiary alicyclic amines) is 1. The Kier molecular flexibility index (Phi) is 5.86. The lowest BCUT2D eigenvalue weighted by Gasteiger charge is -2.22. The molecule has 5 nitrogen and oxygen atoms in total. The van der Waals surface area contributed by atoms with Gasteiger partial charge in [-0.1, -0.05) is 30.3 Å². The van der Waals surface area contributed by atoms with Crippen LogP contribution in [0.1, 0.15) is 24.8 Å². The van der Waals surface area contributed by atoms with Crippen molar-refractivity contribution in [3.8, 4) is 0 Å². The number of rotatable bonds is 6. The Morgan fingerprint density at radius 3 is 2.88 bits per heavy atom. The topological polar surface area (TPSA) is 58.6 Å². The van der Waals surface area contributed by atoms with Gasteiger partial charge in [0.15, 0.2) is 0 Å². The second-order valence-corrected chi connectivity index (χ2v) is 6.80. The van der Waals surface area contributed by atoms with E-state index in [0.29, 0.717) is 19.6 Å². The molecule has 24 heavy (non-hydrogen) atoms. The molecule has 0 saturated carbocycles. The number of carbonyl (C=O) groups excluding carboxylic acids is 2. The summed E-state index contributed by atoms with van der Waals surface area (Å²) in [6, 6.07) is 10.2. The third-order valence-electron chi connectivity index (χ3n) is 4.90. The van der Waals surface area contributed by atoms with E-state index in [4.69, 9.17) is 4.74 Å². The first-order valence-electron chi connectivity index (χ1n) is 8.89. The second-order valence-electron chi connectivity index (χ2n) is 6.80. The molecule has 2 aliphatic rings. The van der Waals surface area contributed by atoms with Crippen LogP contribution in [0.5, 0.6) is 0 Å². The number of amides is 2. The maximum absolute atomic E-state index is 12.1. The average Bonchev–Trinajstić information content (AvgIpc) is 2.99. The smallest absolute Gasteiger partial charge is 0.225 e. The van der Waals surface area contributed by atoms with Gasteiger partial charge in [0.2, 0.25) is 11.8 Å². The lowest BCUT2D eigenvalue weighted by atomic mass is 10.0. The van der Waals surface area contributed by atoms with Crippen LogP contribution in [0.4, 0.5) is 0 Å². The number of hydrogen-bond acceptors (Lipinski definition) is 3. The third kappa shape index (κ3) is 4.57. The van der Waals surface area contributed by atoms with Crippen molar-refractivity contribution in [3.05, 3.63) is 35.9 Å². The zero-order chi connectivity index (χ0) is 16.8. The van der Waals surface area contributed by atoms with Crippen molar-refractivity contribution in [2.45, 2.75) is 25.7 Å². The first kappa shape index (κ1) is 17.0. The Balaban J connectivity index is 1.40. The summed E-state index contributed by atoms with van der Waals surface area (Å²) >= 11 is 0. The molecule has 1 aromatic carbocycles. The Bertz CT molecular complexity index is 555. The number of nitrogens with one attached hydrogen (secondary N) is 1. The molecule has 2 saturated heterocycles. The standard InChI is InChI=1S/C19H26N2O3/c22-18-11-16(12-20-19(23)17-7-4-10-24-14-17)13-21(18)9-8-15-5-2-1-3-6-15/h1-3,5-6,16-17H,4,7-14H2,(H,20,23)/t16-,17-/m0/s1. The summed E-state index contributed by atoms with van der Waals surface area (Å²) in [4.78, 5) is 26.2. The normalized spacial score (nSPS) is 24.2. The molecule has 0 radical (unpaired) electrons. The maximum atomic E-state index is 12.1. The van der Waals surface area contributed by atoms with Crippen molar-refractivity contribution in [1.82, 2.24) is 10.2 Å². The van der Waals surface area contributed by atoms with E-state index in [-0.39, 0.29) is 23.7 Å². The molecule has 0 unspecified atom stereocenters. The highest BCUT2D eigenvalue weighted by Gasteiger charge is 2.30. The molecule has 2 atom stereocenters. The molecule has 0 spiro atoms. The van der Waals surface area contributed by atoms with Gasteiger partial charge in [0.25, 0.3) is 0 Å². The number of ether oxygens (including phenoxy) is 1. The molecule has 0 aromatic heterocycles. The fourth-order valence-electron chi connectivity index (χ4n) is 3.45. The highest BCUT2D eigenvalue weighted by molar-refractivity contribution is 5.80. The minimum atomic E-state index is -0.0231. The lowest BCUT2D eigenvalue weighted by Crippen LogP contribution is -2.38. The quantitative estimate of drug-likeness (QED) is 0.862. The molecule has 3 rings (SSSR count). The van der Waals surface area contributed by atoms with Gasteiger partial charge in [0, 0.05) is 38.6 Å². The molecule has 0 bridgehead atoms. The minimum Gasteiger partial charge on any atom is -0.381 e. The molecule has 1 N–H and O–H groups in total. The Labute approximate surface area is 143 Å². The molecule has 1 aromatic rings. The van der Waals surface area contributed by atoms with Crippen molar-refractivity contribution >= 4 is 11.8 Å². The minimum absolute atomic E-state index is 0.0231. The van der Waals surface area contributed by atoms with E-state index in [9.17, 15) is 9.59 Å². The van der Waals surface area contributed by atoms with Crippen LogP contribution >= 0.6 is 0 Å². The molecule has 2 amide bonds. The predicted octanol–water partition coefficient (Wildman–Crippen LogP) is 1.62. The summed E-state index contributed by atoms with van der Waals surface area (Å²) in [5.74, 6) is 0.475. The highest BCUT2D eigenvalue weighted by Crippen LogP contribution is 2.19. The van der Waals surface area contributed by atoms with Crippen molar-refractivity contribution in [2.24, 2.45) is 11.8 Å². The van der Waals surface area contributed by atoms with Crippen molar-refractivity contribution < 1.29 is 14.3 Å². The molecular formula is C19H26N2O3. The number of hydrogen-bond donors (Lipinski definition) is 1. The maximum Gasteiger partial charge on any atom is 0.225 e. The van der Waals surface area contributed by atoms with Crippen LogP contribution in [-0.2, 0) is 20.7 Å². The second kappa shape index (κ2) is 8.29. The van der Waals surface area contributed by atoms with Gasteiger partial charge >= 0.3 is 0 Å². The van der Waals surface area contributed by atoms with E-state index in [1.165, 1.54) is 5.56 Å². The number of nitrogens with zero attached hydrogens (tertiary/aromatic N) is 1. The van der Waals surface area contributed by atoms with Crippen LogP contribution < -0.4 is 5.32 Å². The lowest BCUT2D eigenvalue weighted by molar-refractivity contribution is -0.129. The van der Waals surface area contributed by atoms with E-state index in [1.54, 1.807) is 0 Å². The van der Waals surface area contributed by atoms with Gasteiger partial charge in [0.1, 0.15) is 0 Å². The molecule has 2 aliphatic heterocycles. The molecule has 5 heteroatoms. The van der Waals surface area contributed by atoms with Crippen LogP contribution in [0.15, 0.2) is 30.3 Å². The van der Waals surface area contributed by atoms with Crippen LogP contribution in [0.25, 0.3) is 0 Å². The predicted molar refractivity (Wildman–Crippen MR) is 91.4 cm³/mol. The van der Waals surface area contributed by atoms with E-state index in [2.05, 4.69) is 17.4 Å². The van der Waals surface area contributed by atoms with Gasteiger partial charge in [-0.05, 0) is 24.8 Å². The molecular weight excluding hydrogens is 304 g/mol. The Hall–Kier alpha value is -1.88. The van der Waals surface area contributed by atoms with Crippen molar-refractivity contribution in [2.75, 3.05) is 32.8 Å². The third-order valence-corrected chi connectivity index (χ3v) is 4.90. The van der Waals surface area contributed by atoms with Crippen LogP contribution in [-0.4, -0.2) is 49.6 Å². The first-order chi connectivity index (χ1) is 11.7. The summed E-state index contributed by atoms with van der Waals surface area (Å²) < 4.78 is 5.36. The molecule has 0 aliphatic carbocycles. The highest BCUT2D eigenvalue weighted by atomic mass is 16.5. The van der Waals surface area contributed by atoms with Gasteiger partial charge in [-0.2, -0.15) is 0 Å². The first-order valence-corrected chi connectivity index (χ1v) is 8.89.